The van der Waals surface area contributed by atoms with Gasteiger partial charge >= 0.3 is 0 Å². The lowest BCUT2D eigenvalue weighted by Gasteiger charge is -2.17. The Morgan fingerprint density at radius 1 is 1.38 bits per heavy atom. The molecule has 0 fully saturated rings. The molecule has 2 aromatic heterocycles. The Morgan fingerprint density at radius 2 is 2.15 bits per heavy atom. The largest absolute Gasteiger partial charge is 0.321 e. The van der Waals surface area contributed by atoms with Crippen LogP contribution in [0.15, 0.2) is 17.8 Å². The van der Waals surface area contributed by atoms with Crippen LogP contribution in [0.5, 0.6) is 0 Å². The minimum Gasteiger partial charge on any atom is -0.321 e. The van der Waals surface area contributed by atoms with Crippen LogP contribution in [0.3, 0.4) is 0 Å². The molecule has 0 aliphatic heterocycles. The maximum absolute atomic E-state index is 6.00. The van der Waals surface area contributed by atoms with Crippen LogP contribution in [-0.2, 0) is 5.54 Å². The number of fused-ring (bicyclic) bond motifs is 1. The number of hydrogen-bond donors (Lipinski definition) is 1. The lowest BCUT2D eigenvalue weighted by molar-refractivity contribution is 0.540. The van der Waals surface area contributed by atoms with E-state index in [1.165, 1.54) is 0 Å². The maximum Gasteiger partial charge on any atom is 0.126 e. The molecule has 2 N–H and O–H groups in total. The van der Waals surface area contributed by atoms with Crippen molar-refractivity contribution >= 4 is 21.6 Å². The van der Waals surface area contributed by atoms with Crippen LogP contribution >= 0.6 is 11.3 Å². The minimum atomic E-state index is -0.401. The Balaban J connectivity index is 2.75. The van der Waals surface area contributed by atoms with Gasteiger partial charge in [-0.3, -0.25) is 0 Å². The molecule has 0 aromatic carbocycles. The molecule has 4 heteroatoms. The number of hydrogen-bond acceptors (Lipinski definition) is 4. The van der Waals surface area contributed by atoms with Gasteiger partial charge in [0.1, 0.15) is 11.2 Å². The average molecular weight is 193 g/mol. The quantitative estimate of drug-likeness (QED) is 0.752. The third-order valence-electron chi connectivity index (χ3n) is 1.87. The summed E-state index contributed by atoms with van der Waals surface area (Å²) < 4.78 is 0. The molecule has 0 saturated carbocycles. The van der Waals surface area contributed by atoms with Gasteiger partial charge in [-0.15, -0.1) is 11.3 Å². The van der Waals surface area contributed by atoms with Crippen molar-refractivity contribution in [3.63, 3.8) is 0 Å². The fourth-order valence-corrected chi connectivity index (χ4v) is 2.04. The lowest BCUT2D eigenvalue weighted by atomic mass is 10.00. The van der Waals surface area contributed by atoms with Crippen LogP contribution in [0.1, 0.15) is 19.5 Å². The summed E-state index contributed by atoms with van der Waals surface area (Å²) in [6.07, 6.45) is 1.57. The van der Waals surface area contributed by atoms with Gasteiger partial charge in [0, 0.05) is 5.39 Å². The van der Waals surface area contributed by atoms with Crippen LogP contribution in [0.4, 0.5) is 0 Å². The highest BCUT2D eigenvalue weighted by atomic mass is 32.1. The van der Waals surface area contributed by atoms with Crippen LogP contribution in [0, 0.1) is 0 Å². The standard InChI is InChI=1S/C9H11N3S/c1-9(2,10)7-6-3-4-13-8(6)12-5-11-7/h3-5H,10H2,1-2H3. The number of thiophene rings is 1. The summed E-state index contributed by atoms with van der Waals surface area (Å²) in [7, 11) is 0. The molecule has 0 aliphatic carbocycles. The Hall–Kier alpha value is -1.00. The van der Waals surface area contributed by atoms with Crippen LogP contribution in [0.2, 0.25) is 0 Å². The molecular formula is C9H11N3S. The van der Waals surface area contributed by atoms with Gasteiger partial charge < -0.3 is 5.73 Å². The van der Waals surface area contributed by atoms with Gasteiger partial charge in [0.25, 0.3) is 0 Å². The van der Waals surface area contributed by atoms with Gasteiger partial charge in [-0.1, -0.05) is 0 Å². The van der Waals surface area contributed by atoms with E-state index in [-0.39, 0.29) is 0 Å². The molecule has 13 heavy (non-hydrogen) atoms. The topological polar surface area (TPSA) is 51.8 Å². The van der Waals surface area contributed by atoms with Gasteiger partial charge in [0.2, 0.25) is 0 Å². The van der Waals surface area contributed by atoms with Crippen molar-refractivity contribution < 1.29 is 0 Å². The zero-order valence-electron chi connectivity index (χ0n) is 7.61. The highest BCUT2D eigenvalue weighted by Gasteiger charge is 2.19. The lowest BCUT2D eigenvalue weighted by Crippen LogP contribution is -2.30. The van der Waals surface area contributed by atoms with Crippen LogP contribution < -0.4 is 5.73 Å². The molecule has 0 radical (unpaired) electrons. The molecule has 0 amide bonds. The van der Waals surface area contributed by atoms with Crippen molar-refractivity contribution in [1.29, 1.82) is 0 Å². The first-order valence-corrected chi connectivity index (χ1v) is 4.94. The highest BCUT2D eigenvalue weighted by molar-refractivity contribution is 7.16. The summed E-state index contributed by atoms with van der Waals surface area (Å²) in [6, 6.07) is 2.02. The van der Waals surface area contributed by atoms with Crippen molar-refractivity contribution in [3.8, 4) is 0 Å². The SMILES string of the molecule is CC(C)(N)c1ncnc2sccc12. The first kappa shape index (κ1) is 8.59. The van der Waals surface area contributed by atoms with Crippen molar-refractivity contribution in [3.05, 3.63) is 23.5 Å². The van der Waals surface area contributed by atoms with Gasteiger partial charge in [-0.05, 0) is 25.3 Å². The summed E-state index contributed by atoms with van der Waals surface area (Å²) in [5.74, 6) is 0. The van der Waals surface area contributed by atoms with Crippen molar-refractivity contribution in [2.45, 2.75) is 19.4 Å². The Morgan fingerprint density at radius 3 is 2.85 bits per heavy atom. The van der Waals surface area contributed by atoms with Gasteiger partial charge in [-0.25, -0.2) is 9.97 Å². The molecule has 0 bridgehead atoms. The van der Waals surface area contributed by atoms with E-state index in [4.69, 9.17) is 5.73 Å². The summed E-state index contributed by atoms with van der Waals surface area (Å²) in [4.78, 5) is 9.39. The van der Waals surface area contributed by atoms with Crippen molar-refractivity contribution in [1.82, 2.24) is 9.97 Å². The predicted octanol–water partition coefficient (Wildman–Crippen LogP) is 1.89. The second-order valence-corrected chi connectivity index (χ2v) is 4.48. The Labute approximate surface area is 80.6 Å². The van der Waals surface area contributed by atoms with Gasteiger partial charge in [-0.2, -0.15) is 0 Å². The highest BCUT2D eigenvalue weighted by Crippen LogP contribution is 2.26. The Kier molecular flexibility index (Phi) is 1.82. The molecule has 68 valence electrons. The summed E-state index contributed by atoms with van der Waals surface area (Å²) >= 11 is 1.61. The summed E-state index contributed by atoms with van der Waals surface area (Å²) in [5.41, 5.74) is 6.51. The molecule has 0 aliphatic rings. The first-order chi connectivity index (χ1) is 6.09. The fraction of sp³-hybridized carbons (Fsp3) is 0.333. The van der Waals surface area contributed by atoms with E-state index in [1.807, 2.05) is 25.3 Å². The zero-order valence-corrected chi connectivity index (χ0v) is 8.43. The first-order valence-electron chi connectivity index (χ1n) is 4.06. The Bertz CT molecular complexity index is 428. The second kappa shape index (κ2) is 2.75. The maximum atomic E-state index is 6.00. The number of aromatic nitrogens is 2. The van der Waals surface area contributed by atoms with Crippen LogP contribution in [-0.4, -0.2) is 9.97 Å². The van der Waals surface area contributed by atoms with Gasteiger partial charge in [0.05, 0.1) is 11.2 Å². The van der Waals surface area contributed by atoms with E-state index >= 15 is 0 Å². The van der Waals surface area contributed by atoms with E-state index < -0.39 is 5.54 Å². The molecule has 2 aromatic rings. The monoisotopic (exact) mass is 193 g/mol. The third-order valence-corrected chi connectivity index (χ3v) is 2.69. The van der Waals surface area contributed by atoms with E-state index in [9.17, 15) is 0 Å². The van der Waals surface area contributed by atoms with Crippen molar-refractivity contribution in [2.75, 3.05) is 0 Å². The average Bonchev–Trinajstić information content (AvgIpc) is 2.48. The molecule has 0 atom stereocenters. The molecule has 0 saturated heterocycles. The van der Waals surface area contributed by atoms with E-state index in [2.05, 4.69) is 9.97 Å². The van der Waals surface area contributed by atoms with E-state index in [1.54, 1.807) is 17.7 Å². The smallest absolute Gasteiger partial charge is 0.126 e. The number of rotatable bonds is 1. The fourth-order valence-electron chi connectivity index (χ4n) is 1.30. The summed E-state index contributed by atoms with van der Waals surface area (Å²) in [5, 5.41) is 3.08. The van der Waals surface area contributed by atoms with Gasteiger partial charge in [0.15, 0.2) is 0 Å². The third kappa shape index (κ3) is 1.43. The van der Waals surface area contributed by atoms with E-state index in [0.717, 1.165) is 15.9 Å². The molecule has 2 rings (SSSR count). The predicted molar refractivity (Wildman–Crippen MR) is 54.6 cm³/mol. The molecule has 0 unspecified atom stereocenters. The van der Waals surface area contributed by atoms with E-state index in [0.29, 0.717) is 0 Å². The molecular weight excluding hydrogens is 182 g/mol. The molecule has 3 nitrogen and oxygen atoms in total. The van der Waals surface area contributed by atoms with Crippen LogP contribution in [0.25, 0.3) is 10.2 Å². The zero-order chi connectivity index (χ0) is 9.47. The van der Waals surface area contributed by atoms with Crippen molar-refractivity contribution in [2.24, 2.45) is 5.73 Å². The molecule has 2 heterocycles. The second-order valence-electron chi connectivity index (χ2n) is 3.58. The number of nitrogens with zero attached hydrogens (tertiary/aromatic N) is 2. The number of nitrogens with two attached hydrogens (primary N) is 1. The normalized spacial score (nSPS) is 12.2. The minimum absolute atomic E-state index is 0.401. The molecule has 0 spiro atoms. The summed E-state index contributed by atoms with van der Waals surface area (Å²) in [6.45, 7) is 3.90.